The van der Waals surface area contributed by atoms with E-state index in [-0.39, 0.29) is 0 Å². The Balaban J connectivity index is 0.000000335. The molecule has 11 nitrogen and oxygen atoms in total. The molecule has 2 heterocycles. The van der Waals surface area contributed by atoms with Gasteiger partial charge < -0.3 is 53.8 Å². The summed E-state index contributed by atoms with van der Waals surface area (Å²) in [6.45, 7) is 15.9. The minimum absolute atomic E-state index is 0.627. The van der Waals surface area contributed by atoms with Crippen LogP contribution in [0.15, 0.2) is 0 Å². The van der Waals surface area contributed by atoms with Gasteiger partial charge in [-0.1, -0.05) is 0 Å². The van der Waals surface area contributed by atoms with Gasteiger partial charge in [-0.3, -0.25) is 0 Å². The highest BCUT2D eigenvalue weighted by atomic mass is 16.6. The summed E-state index contributed by atoms with van der Waals surface area (Å²) in [4.78, 5) is 0. The number of hydrogen-bond donors (Lipinski definition) is 3. The average molecular weight is 482 g/mol. The van der Waals surface area contributed by atoms with Gasteiger partial charge in [-0.25, -0.2) is 0 Å². The van der Waals surface area contributed by atoms with E-state index in [1.165, 1.54) is 0 Å². The Morgan fingerprint density at radius 1 is 0.212 bits per heavy atom. The molecule has 0 aromatic carbocycles. The van der Waals surface area contributed by atoms with Crippen molar-refractivity contribution in [2.45, 2.75) is 0 Å². The maximum absolute atomic E-state index is 5.41. The van der Waals surface area contributed by atoms with E-state index in [9.17, 15) is 0 Å². The zero-order valence-corrected chi connectivity index (χ0v) is 20.3. The second kappa shape index (κ2) is 27.8. The van der Waals surface area contributed by atoms with Gasteiger partial charge in [0.1, 0.15) is 0 Å². The number of ether oxygens (including phenoxy) is 8. The lowest BCUT2D eigenvalue weighted by atomic mass is 10.6. The van der Waals surface area contributed by atoms with E-state index in [0.717, 1.165) is 52.5 Å². The minimum atomic E-state index is 0.627. The van der Waals surface area contributed by atoms with Crippen molar-refractivity contribution in [1.82, 2.24) is 16.0 Å². The molecule has 0 saturated carbocycles. The molecule has 0 aromatic heterocycles. The molecule has 11 heteroatoms. The average Bonchev–Trinajstić information content (AvgIpc) is 2.84. The summed E-state index contributed by atoms with van der Waals surface area (Å²) < 4.78 is 42.9. The van der Waals surface area contributed by atoms with Gasteiger partial charge in [-0.15, -0.1) is 0 Å². The standard InChI is InChI=1S/C12H26N2O4.C10H21NO4/c1-5-15-9-10-17-7-3-14-4-8-18-12-11-16-6-2-13-1;1-3-12-5-7-14-9-10-15-8-6-13-4-2-11-1/h13-14H,1-12H2;11H,1-10H2. The zero-order valence-electron chi connectivity index (χ0n) is 20.3. The first-order chi connectivity index (χ1) is 16.5. The quantitative estimate of drug-likeness (QED) is 0.392. The molecule has 2 saturated heterocycles. The summed E-state index contributed by atoms with van der Waals surface area (Å²) in [5.41, 5.74) is 0. The third-order valence-electron chi connectivity index (χ3n) is 4.40. The Kier molecular flexibility index (Phi) is 25.8. The molecule has 0 bridgehead atoms. The van der Waals surface area contributed by atoms with Gasteiger partial charge in [-0.05, 0) is 0 Å². The van der Waals surface area contributed by atoms with Crippen LogP contribution in [0, 0.1) is 0 Å². The van der Waals surface area contributed by atoms with E-state index >= 15 is 0 Å². The van der Waals surface area contributed by atoms with Crippen molar-refractivity contribution < 1.29 is 37.9 Å². The Morgan fingerprint density at radius 3 is 0.545 bits per heavy atom. The molecule has 3 N–H and O–H groups in total. The topological polar surface area (TPSA) is 110 Å². The van der Waals surface area contributed by atoms with Gasteiger partial charge in [-0.2, -0.15) is 0 Å². The van der Waals surface area contributed by atoms with Gasteiger partial charge in [0.2, 0.25) is 0 Å². The van der Waals surface area contributed by atoms with Gasteiger partial charge >= 0.3 is 0 Å². The van der Waals surface area contributed by atoms with Crippen LogP contribution in [0.5, 0.6) is 0 Å². The second-order valence-corrected chi connectivity index (χ2v) is 7.15. The molecule has 198 valence electrons. The van der Waals surface area contributed by atoms with Crippen LogP contribution in [-0.2, 0) is 37.9 Å². The molecule has 0 amide bonds. The Labute approximate surface area is 199 Å². The van der Waals surface area contributed by atoms with Crippen LogP contribution in [0.3, 0.4) is 0 Å². The number of rotatable bonds is 0. The molecular weight excluding hydrogens is 434 g/mol. The highest BCUT2D eigenvalue weighted by Gasteiger charge is 1.96. The van der Waals surface area contributed by atoms with E-state index in [1.54, 1.807) is 0 Å². The summed E-state index contributed by atoms with van der Waals surface area (Å²) in [5, 5.41) is 9.72. The van der Waals surface area contributed by atoms with E-state index in [4.69, 9.17) is 37.9 Å². The molecule has 0 aromatic rings. The maximum atomic E-state index is 5.41. The van der Waals surface area contributed by atoms with Crippen molar-refractivity contribution >= 4 is 0 Å². The van der Waals surface area contributed by atoms with E-state index in [0.29, 0.717) is 92.5 Å². The maximum Gasteiger partial charge on any atom is 0.0701 e. The molecule has 0 unspecified atom stereocenters. The first-order valence-electron chi connectivity index (χ1n) is 12.2. The molecule has 0 aliphatic carbocycles. The van der Waals surface area contributed by atoms with Crippen molar-refractivity contribution in [3.63, 3.8) is 0 Å². The van der Waals surface area contributed by atoms with Crippen LogP contribution in [0.25, 0.3) is 0 Å². The number of nitrogens with one attached hydrogen (secondary N) is 3. The Morgan fingerprint density at radius 2 is 0.364 bits per heavy atom. The lowest BCUT2D eigenvalue weighted by Gasteiger charge is -2.10. The van der Waals surface area contributed by atoms with Crippen LogP contribution in [0.4, 0.5) is 0 Å². The van der Waals surface area contributed by atoms with Crippen molar-refractivity contribution in [1.29, 1.82) is 0 Å². The summed E-state index contributed by atoms with van der Waals surface area (Å²) in [6.07, 6.45) is 0. The zero-order chi connectivity index (χ0) is 23.3. The highest BCUT2D eigenvalue weighted by Crippen LogP contribution is 1.84. The van der Waals surface area contributed by atoms with E-state index in [2.05, 4.69) is 16.0 Å². The summed E-state index contributed by atoms with van der Waals surface area (Å²) in [5.74, 6) is 0. The third-order valence-corrected chi connectivity index (χ3v) is 4.40. The minimum Gasteiger partial charge on any atom is -0.378 e. The first kappa shape index (κ1) is 30.6. The van der Waals surface area contributed by atoms with Crippen molar-refractivity contribution in [3.8, 4) is 0 Å². The predicted octanol–water partition coefficient (Wildman–Crippen LogP) is -1.10. The van der Waals surface area contributed by atoms with Crippen LogP contribution in [-0.4, -0.2) is 145 Å². The Bertz CT molecular complexity index is 239. The van der Waals surface area contributed by atoms with Crippen molar-refractivity contribution in [2.24, 2.45) is 0 Å². The van der Waals surface area contributed by atoms with Crippen molar-refractivity contribution in [2.75, 3.05) is 145 Å². The van der Waals surface area contributed by atoms with Gasteiger partial charge in [0.25, 0.3) is 0 Å². The molecule has 0 spiro atoms. The van der Waals surface area contributed by atoms with Gasteiger partial charge in [0.15, 0.2) is 0 Å². The van der Waals surface area contributed by atoms with Crippen LogP contribution in [0.1, 0.15) is 0 Å². The van der Waals surface area contributed by atoms with Crippen LogP contribution >= 0.6 is 0 Å². The first-order valence-corrected chi connectivity index (χ1v) is 12.2. The highest BCUT2D eigenvalue weighted by molar-refractivity contribution is 4.48. The largest absolute Gasteiger partial charge is 0.378 e. The lowest BCUT2D eigenvalue weighted by Crippen LogP contribution is -2.27. The summed E-state index contributed by atoms with van der Waals surface area (Å²) >= 11 is 0. The van der Waals surface area contributed by atoms with Crippen LogP contribution in [0.2, 0.25) is 0 Å². The van der Waals surface area contributed by atoms with E-state index in [1.807, 2.05) is 0 Å². The SMILES string of the molecule is C1COCCOCCNCCOCCOCCN1.C1COCCOCCOCCOCCN1. The van der Waals surface area contributed by atoms with Gasteiger partial charge in [0, 0.05) is 39.3 Å². The molecule has 2 fully saturated rings. The summed E-state index contributed by atoms with van der Waals surface area (Å²) in [6, 6.07) is 0. The fourth-order valence-corrected chi connectivity index (χ4v) is 2.65. The fourth-order valence-electron chi connectivity index (χ4n) is 2.65. The predicted molar refractivity (Wildman–Crippen MR) is 125 cm³/mol. The normalized spacial score (nSPS) is 24.0. The number of hydrogen-bond acceptors (Lipinski definition) is 11. The van der Waals surface area contributed by atoms with Crippen LogP contribution < -0.4 is 16.0 Å². The molecule has 0 radical (unpaired) electrons. The molecule has 0 atom stereocenters. The summed E-state index contributed by atoms with van der Waals surface area (Å²) in [7, 11) is 0. The molecule has 33 heavy (non-hydrogen) atoms. The smallest absolute Gasteiger partial charge is 0.0701 e. The lowest BCUT2D eigenvalue weighted by molar-refractivity contribution is 0.00206. The molecule has 2 aliphatic rings. The van der Waals surface area contributed by atoms with Gasteiger partial charge in [0.05, 0.1) is 106 Å². The second-order valence-electron chi connectivity index (χ2n) is 7.15. The molecular formula is C22H47N3O8. The Hall–Kier alpha value is -0.440. The third kappa shape index (κ3) is 26.0. The van der Waals surface area contributed by atoms with E-state index < -0.39 is 0 Å². The molecule has 2 rings (SSSR count). The monoisotopic (exact) mass is 481 g/mol. The fraction of sp³-hybridized carbons (Fsp3) is 1.00. The molecule has 2 aliphatic heterocycles. The van der Waals surface area contributed by atoms with Crippen molar-refractivity contribution in [3.05, 3.63) is 0 Å².